The standard InChI is InChI=1S/C26H30FN7OS/c1-5-19-15-33(22-12-24(35)31(4)34-13-18(9-10-28)29-25(22)34)20(6-2)14-32(19)16(3)21-8-7-17-11-23(27)36-26(17)30-21/h7-8,11-13,16,19-20H,5-6,9,14-15H2,1-4H3/t16?,19-,20+/m1/s1. The Bertz CT molecular complexity index is 1520. The summed E-state index contributed by atoms with van der Waals surface area (Å²) in [6.07, 6.45) is 3.80. The molecule has 0 N–H and O–H groups in total. The molecular weight excluding hydrogens is 477 g/mol. The Morgan fingerprint density at radius 2 is 1.97 bits per heavy atom. The van der Waals surface area contributed by atoms with Gasteiger partial charge in [-0.15, -0.1) is 0 Å². The average molecular weight is 508 g/mol. The normalized spacial score (nSPS) is 19.7. The molecule has 1 aliphatic heterocycles. The van der Waals surface area contributed by atoms with Crippen LogP contribution in [0.4, 0.5) is 10.1 Å². The lowest BCUT2D eigenvalue weighted by atomic mass is 9.98. The number of piperazine rings is 1. The van der Waals surface area contributed by atoms with E-state index < -0.39 is 0 Å². The van der Waals surface area contributed by atoms with Crippen LogP contribution < -0.4 is 10.5 Å². The molecule has 5 heterocycles. The van der Waals surface area contributed by atoms with E-state index in [0.717, 1.165) is 58.9 Å². The molecule has 1 fully saturated rings. The van der Waals surface area contributed by atoms with Gasteiger partial charge in [-0.05, 0) is 38.0 Å². The van der Waals surface area contributed by atoms with Crippen LogP contribution in [0.25, 0.3) is 15.9 Å². The minimum Gasteiger partial charge on any atom is -0.362 e. The molecule has 0 radical (unpaired) electrons. The second-order valence-electron chi connectivity index (χ2n) is 9.46. The molecule has 0 amide bonds. The number of anilines is 1. The Hall–Kier alpha value is -3.29. The summed E-state index contributed by atoms with van der Waals surface area (Å²) in [6.45, 7) is 8.07. The summed E-state index contributed by atoms with van der Waals surface area (Å²) < 4.78 is 17.0. The van der Waals surface area contributed by atoms with E-state index in [0.29, 0.717) is 11.3 Å². The Morgan fingerprint density at radius 1 is 1.19 bits per heavy atom. The summed E-state index contributed by atoms with van der Waals surface area (Å²) in [6, 6.07) is 9.79. The first kappa shape index (κ1) is 24.4. The van der Waals surface area contributed by atoms with Crippen molar-refractivity contribution in [3.05, 3.63) is 57.3 Å². The Kier molecular flexibility index (Phi) is 6.53. The van der Waals surface area contributed by atoms with Gasteiger partial charge in [0.2, 0.25) is 0 Å². The molecular formula is C26H30FN7OS. The number of hydrogen-bond donors (Lipinski definition) is 0. The summed E-state index contributed by atoms with van der Waals surface area (Å²) in [7, 11) is 1.71. The lowest BCUT2D eigenvalue weighted by molar-refractivity contribution is 0.0993. The van der Waals surface area contributed by atoms with Crippen LogP contribution in [0.3, 0.4) is 0 Å². The Morgan fingerprint density at radius 3 is 2.69 bits per heavy atom. The van der Waals surface area contributed by atoms with E-state index in [1.54, 1.807) is 23.8 Å². The van der Waals surface area contributed by atoms with Crippen LogP contribution in [0.1, 0.15) is 51.0 Å². The first-order valence-corrected chi connectivity index (χ1v) is 13.2. The van der Waals surface area contributed by atoms with Crippen molar-refractivity contribution in [3.8, 4) is 6.07 Å². The van der Waals surface area contributed by atoms with Crippen LogP contribution >= 0.6 is 11.3 Å². The predicted molar refractivity (Wildman–Crippen MR) is 140 cm³/mol. The highest BCUT2D eigenvalue weighted by Gasteiger charge is 2.36. The molecule has 1 unspecified atom stereocenters. The smallest absolute Gasteiger partial charge is 0.267 e. The molecule has 10 heteroatoms. The zero-order chi connectivity index (χ0) is 25.6. The van der Waals surface area contributed by atoms with Gasteiger partial charge >= 0.3 is 0 Å². The largest absolute Gasteiger partial charge is 0.362 e. The molecule has 0 aromatic carbocycles. The zero-order valence-electron chi connectivity index (χ0n) is 21.0. The maximum atomic E-state index is 13.8. The molecule has 0 saturated carbocycles. The predicted octanol–water partition coefficient (Wildman–Crippen LogP) is 4.29. The fraction of sp³-hybridized carbons (Fsp3) is 0.462. The molecule has 8 nitrogen and oxygen atoms in total. The number of nitriles is 1. The Balaban J connectivity index is 1.50. The fourth-order valence-electron chi connectivity index (χ4n) is 5.34. The number of hydrogen-bond acceptors (Lipinski definition) is 7. The lowest BCUT2D eigenvalue weighted by Crippen LogP contribution is -2.59. The van der Waals surface area contributed by atoms with Crippen molar-refractivity contribution >= 4 is 32.9 Å². The van der Waals surface area contributed by atoms with Crippen molar-refractivity contribution in [2.75, 3.05) is 18.0 Å². The summed E-state index contributed by atoms with van der Waals surface area (Å²) in [5, 5.41) is 9.78. The number of halogens is 1. The topological polar surface area (TPSA) is 82.5 Å². The van der Waals surface area contributed by atoms with E-state index in [1.165, 1.54) is 10.7 Å². The Labute approximate surface area is 213 Å². The molecule has 0 bridgehead atoms. The number of pyridine rings is 1. The van der Waals surface area contributed by atoms with E-state index in [2.05, 4.69) is 36.6 Å². The van der Waals surface area contributed by atoms with Crippen LogP contribution in [0.2, 0.25) is 0 Å². The second kappa shape index (κ2) is 9.64. The van der Waals surface area contributed by atoms with Gasteiger partial charge < -0.3 is 4.90 Å². The molecule has 36 heavy (non-hydrogen) atoms. The number of rotatable bonds is 6. The van der Waals surface area contributed by atoms with E-state index in [9.17, 15) is 9.18 Å². The molecule has 4 aromatic heterocycles. The number of fused-ring (bicyclic) bond motifs is 2. The van der Waals surface area contributed by atoms with Gasteiger partial charge in [0.15, 0.2) is 10.8 Å². The number of aromatic nitrogens is 4. The van der Waals surface area contributed by atoms with Crippen molar-refractivity contribution in [2.45, 2.75) is 58.2 Å². The van der Waals surface area contributed by atoms with Gasteiger partial charge in [-0.2, -0.15) is 9.65 Å². The van der Waals surface area contributed by atoms with E-state index in [-0.39, 0.29) is 35.2 Å². The van der Waals surface area contributed by atoms with Crippen LogP contribution in [-0.2, 0) is 13.5 Å². The summed E-state index contributed by atoms with van der Waals surface area (Å²) in [5.74, 6) is 0. The van der Waals surface area contributed by atoms with Gasteiger partial charge in [-0.25, -0.2) is 19.2 Å². The molecule has 0 spiro atoms. The van der Waals surface area contributed by atoms with Crippen molar-refractivity contribution in [1.82, 2.24) is 24.1 Å². The second-order valence-corrected chi connectivity index (χ2v) is 10.4. The molecule has 1 saturated heterocycles. The van der Waals surface area contributed by atoms with Gasteiger partial charge in [0.1, 0.15) is 4.83 Å². The summed E-state index contributed by atoms with van der Waals surface area (Å²) in [5.41, 5.74) is 2.99. The molecule has 188 valence electrons. The quantitative estimate of drug-likeness (QED) is 0.387. The van der Waals surface area contributed by atoms with E-state index in [1.807, 2.05) is 12.1 Å². The first-order chi connectivity index (χ1) is 17.3. The number of nitrogens with zero attached hydrogens (tertiary/aromatic N) is 7. The molecule has 5 rings (SSSR count). The van der Waals surface area contributed by atoms with Crippen LogP contribution in [-0.4, -0.2) is 49.2 Å². The summed E-state index contributed by atoms with van der Waals surface area (Å²) >= 11 is 1.08. The minimum absolute atomic E-state index is 0.0676. The summed E-state index contributed by atoms with van der Waals surface area (Å²) in [4.78, 5) is 27.9. The molecule has 3 atom stereocenters. The van der Waals surface area contributed by atoms with Crippen molar-refractivity contribution in [1.29, 1.82) is 5.26 Å². The van der Waals surface area contributed by atoms with E-state index >= 15 is 0 Å². The number of thiophene rings is 1. The first-order valence-electron chi connectivity index (χ1n) is 12.4. The molecule has 0 aliphatic carbocycles. The number of aryl methyl sites for hydroxylation is 1. The maximum absolute atomic E-state index is 13.8. The number of imidazole rings is 1. The fourth-order valence-corrected chi connectivity index (χ4v) is 6.11. The zero-order valence-corrected chi connectivity index (χ0v) is 21.8. The van der Waals surface area contributed by atoms with Gasteiger partial charge in [-0.1, -0.05) is 25.2 Å². The third-order valence-electron chi connectivity index (χ3n) is 7.42. The van der Waals surface area contributed by atoms with Crippen LogP contribution in [0.15, 0.2) is 35.3 Å². The van der Waals surface area contributed by atoms with Crippen molar-refractivity contribution in [3.63, 3.8) is 0 Å². The van der Waals surface area contributed by atoms with Crippen molar-refractivity contribution < 1.29 is 4.39 Å². The van der Waals surface area contributed by atoms with Gasteiger partial charge in [0.05, 0.1) is 35.8 Å². The highest BCUT2D eigenvalue weighted by molar-refractivity contribution is 7.17. The van der Waals surface area contributed by atoms with E-state index in [4.69, 9.17) is 15.2 Å². The third kappa shape index (κ3) is 4.16. The highest BCUT2D eigenvalue weighted by atomic mass is 32.1. The van der Waals surface area contributed by atoms with Crippen molar-refractivity contribution in [2.24, 2.45) is 7.05 Å². The van der Waals surface area contributed by atoms with Crippen LogP contribution in [0.5, 0.6) is 0 Å². The maximum Gasteiger partial charge on any atom is 0.267 e. The molecule has 1 aliphatic rings. The lowest BCUT2D eigenvalue weighted by Gasteiger charge is -2.49. The SMILES string of the molecule is CC[C@H]1CN(C(C)c2ccc3cc(F)sc3n2)[C@H](CC)CN1c1cc(=O)n(C)n2cc(CC#N)nc12. The third-order valence-corrected chi connectivity index (χ3v) is 8.25. The molecule has 4 aromatic rings. The van der Waals surface area contributed by atoms with Gasteiger partial charge in [-0.3, -0.25) is 9.69 Å². The van der Waals surface area contributed by atoms with Gasteiger partial charge in [0, 0.05) is 49.7 Å². The minimum atomic E-state index is -0.217. The highest BCUT2D eigenvalue weighted by Crippen LogP contribution is 2.34. The van der Waals surface area contributed by atoms with Crippen LogP contribution in [0, 0.1) is 16.5 Å². The van der Waals surface area contributed by atoms with Gasteiger partial charge in [0.25, 0.3) is 5.56 Å². The monoisotopic (exact) mass is 507 g/mol. The average Bonchev–Trinajstić information content (AvgIpc) is 3.47.